The molecule has 2 rings (SSSR count). The summed E-state index contributed by atoms with van der Waals surface area (Å²) < 4.78 is 0. The number of benzene rings is 1. The molecule has 0 saturated carbocycles. The van der Waals surface area contributed by atoms with Crippen LogP contribution in [0.15, 0.2) is 24.3 Å². The quantitative estimate of drug-likeness (QED) is 0.768. The van der Waals surface area contributed by atoms with Gasteiger partial charge in [-0.25, -0.2) is 4.79 Å². The number of ketones is 1. The lowest BCUT2D eigenvalue weighted by molar-refractivity contribution is -0.129. The monoisotopic (exact) mass is 303 g/mol. The highest BCUT2D eigenvalue weighted by atomic mass is 16.2. The second kappa shape index (κ2) is 7.06. The van der Waals surface area contributed by atoms with Crippen LogP contribution in [0.2, 0.25) is 0 Å². The van der Waals surface area contributed by atoms with E-state index in [9.17, 15) is 14.4 Å². The summed E-state index contributed by atoms with van der Waals surface area (Å²) in [7, 11) is 0. The minimum absolute atomic E-state index is 0.0231. The highest BCUT2D eigenvalue weighted by Gasteiger charge is 2.29. The maximum atomic E-state index is 12.0. The van der Waals surface area contributed by atoms with Crippen LogP contribution < -0.4 is 10.2 Å². The second-order valence-electron chi connectivity index (χ2n) is 5.19. The largest absolute Gasteiger partial charge is 0.372 e. The smallest absolute Gasteiger partial charge is 0.324 e. The predicted molar refractivity (Wildman–Crippen MR) is 83.8 cm³/mol. The Bertz CT molecular complexity index is 549. The minimum atomic E-state index is -0.491. The molecule has 0 spiro atoms. The Hall–Kier alpha value is -2.37. The molecule has 1 heterocycles. The van der Waals surface area contributed by atoms with Crippen molar-refractivity contribution in [1.29, 1.82) is 0 Å². The van der Waals surface area contributed by atoms with E-state index < -0.39 is 6.03 Å². The Balaban J connectivity index is 1.94. The number of rotatable bonds is 7. The molecule has 118 valence electrons. The molecule has 0 radical (unpaired) electrons. The van der Waals surface area contributed by atoms with Crippen LogP contribution in [0.4, 0.5) is 10.5 Å². The summed E-state index contributed by atoms with van der Waals surface area (Å²) in [5.41, 5.74) is 2.00. The van der Waals surface area contributed by atoms with Gasteiger partial charge in [0, 0.05) is 25.2 Å². The number of amides is 3. The average Bonchev–Trinajstić information content (AvgIpc) is 2.82. The molecule has 0 atom stereocenters. The number of carbonyl (C=O) groups is 3. The molecule has 1 N–H and O–H groups in total. The van der Waals surface area contributed by atoms with Crippen LogP contribution in [0, 0.1) is 0 Å². The number of carbonyl (C=O) groups excluding carboxylic acids is 3. The summed E-state index contributed by atoms with van der Waals surface area (Å²) >= 11 is 0. The maximum Gasteiger partial charge on any atom is 0.324 e. The molecule has 1 aliphatic rings. The van der Waals surface area contributed by atoms with Gasteiger partial charge in [-0.2, -0.15) is 0 Å². The fourth-order valence-corrected chi connectivity index (χ4v) is 2.49. The molecular weight excluding hydrogens is 282 g/mol. The molecule has 0 aromatic heterocycles. The van der Waals surface area contributed by atoms with Gasteiger partial charge in [-0.1, -0.05) is 12.1 Å². The van der Waals surface area contributed by atoms with Gasteiger partial charge in [0.1, 0.15) is 0 Å². The number of anilines is 1. The zero-order chi connectivity index (χ0) is 16.1. The van der Waals surface area contributed by atoms with Crippen LogP contribution in [-0.2, 0) is 16.0 Å². The third-order valence-corrected chi connectivity index (χ3v) is 3.74. The lowest BCUT2D eigenvalue weighted by atomic mass is 10.1. The number of hydrogen-bond donors (Lipinski definition) is 1. The van der Waals surface area contributed by atoms with Crippen molar-refractivity contribution >= 4 is 23.4 Å². The molecule has 1 fully saturated rings. The molecule has 1 aromatic rings. The van der Waals surface area contributed by atoms with E-state index in [0.717, 1.165) is 29.2 Å². The zero-order valence-electron chi connectivity index (χ0n) is 13.0. The fraction of sp³-hybridized carbons (Fsp3) is 0.438. The first-order chi connectivity index (χ1) is 10.5. The van der Waals surface area contributed by atoms with E-state index >= 15 is 0 Å². The van der Waals surface area contributed by atoms with Crippen LogP contribution in [0.1, 0.15) is 19.4 Å². The van der Waals surface area contributed by atoms with E-state index in [-0.39, 0.29) is 31.2 Å². The Labute approximate surface area is 130 Å². The summed E-state index contributed by atoms with van der Waals surface area (Å²) in [6, 6.07) is 7.32. The molecular formula is C16H21N3O3. The summed E-state index contributed by atoms with van der Waals surface area (Å²) in [4.78, 5) is 38.0. The topological polar surface area (TPSA) is 69.7 Å². The first-order valence-corrected chi connectivity index (χ1v) is 7.49. The van der Waals surface area contributed by atoms with Crippen molar-refractivity contribution in [3.8, 4) is 0 Å². The summed E-state index contributed by atoms with van der Waals surface area (Å²) in [6.45, 7) is 5.87. The van der Waals surface area contributed by atoms with E-state index in [1.807, 2.05) is 24.3 Å². The predicted octanol–water partition coefficient (Wildman–Crippen LogP) is 1.20. The Morgan fingerprint density at radius 2 is 1.82 bits per heavy atom. The van der Waals surface area contributed by atoms with Crippen LogP contribution in [-0.4, -0.2) is 48.8 Å². The number of imide groups is 1. The molecule has 1 aromatic carbocycles. The molecule has 3 amide bonds. The van der Waals surface area contributed by atoms with Gasteiger partial charge in [-0.05, 0) is 31.5 Å². The molecule has 1 saturated heterocycles. The fourth-order valence-electron chi connectivity index (χ4n) is 2.49. The second-order valence-corrected chi connectivity index (χ2v) is 5.19. The Kier molecular flexibility index (Phi) is 5.14. The van der Waals surface area contributed by atoms with Gasteiger partial charge in [0.05, 0.1) is 13.1 Å². The van der Waals surface area contributed by atoms with Crippen LogP contribution in [0.25, 0.3) is 0 Å². The van der Waals surface area contributed by atoms with E-state index in [4.69, 9.17) is 0 Å². The minimum Gasteiger partial charge on any atom is -0.372 e. The first kappa shape index (κ1) is 16.0. The van der Waals surface area contributed by atoms with Crippen molar-refractivity contribution in [2.24, 2.45) is 0 Å². The van der Waals surface area contributed by atoms with Crippen LogP contribution >= 0.6 is 0 Å². The lowest BCUT2D eigenvalue weighted by Crippen LogP contribution is -2.36. The normalized spacial score (nSPS) is 14.2. The van der Waals surface area contributed by atoms with Gasteiger partial charge in [-0.15, -0.1) is 0 Å². The van der Waals surface area contributed by atoms with Gasteiger partial charge in [0.15, 0.2) is 5.78 Å². The summed E-state index contributed by atoms with van der Waals surface area (Å²) in [6.07, 6.45) is 0.218. The van der Waals surface area contributed by atoms with Crippen LogP contribution in [0.5, 0.6) is 0 Å². The van der Waals surface area contributed by atoms with Crippen molar-refractivity contribution in [3.05, 3.63) is 29.8 Å². The molecule has 0 unspecified atom stereocenters. The van der Waals surface area contributed by atoms with Crippen LogP contribution in [0.3, 0.4) is 0 Å². The maximum absolute atomic E-state index is 12.0. The summed E-state index contributed by atoms with van der Waals surface area (Å²) in [5, 5.41) is 2.40. The zero-order valence-corrected chi connectivity index (χ0v) is 13.0. The first-order valence-electron chi connectivity index (χ1n) is 7.49. The van der Waals surface area contributed by atoms with E-state index in [1.54, 1.807) is 0 Å². The highest BCUT2D eigenvalue weighted by molar-refractivity contribution is 6.04. The standard InChI is InChI=1S/C16H21N3O3/c1-3-18(4-2)13-7-5-12(6-8-13)9-14(20)11-19-15(21)10-17-16(19)22/h5-8H,3-4,9-11H2,1-2H3,(H,17,22). The lowest BCUT2D eigenvalue weighted by Gasteiger charge is -2.21. The van der Waals surface area contributed by atoms with Gasteiger partial charge in [-0.3, -0.25) is 14.5 Å². The number of hydrogen-bond acceptors (Lipinski definition) is 4. The molecule has 1 aliphatic heterocycles. The van der Waals surface area contributed by atoms with E-state index in [2.05, 4.69) is 24.1 Å². The molecule has 6 nitrogen and oxygen atoms in total. The number of Topliss-reactive ketones (excluding diaryl/α,β-unsaturated/α-hetero) is 1. The van der Waals surface area contributed by atoms with Crippen molar-refractivity contribution in [2.45, 2.75) is 20.3 Å². The van der Waals surface area contributed by atoms with Crippen molar-refractivity contribution in [2.75, 3.05) is 31.1 Å². The molecule has 22 heavy (non-hydrogen) atoms. The van der Waals surface area contributed by atoms with E-state index in [0.29, 0.717) is 0 Å². The van der Waals surface area contributed by atoms with E-state index in [1.165, 1.54) is 0 Å². The van der Waals surface area contributed by atoms with Gasteiger partial charge in [0.25, 0.3) is 0 Å². The van der Waals surface area contributed by atoms with Gasteiger partial charge < -0.3 is 10.2 Å². The molecule has 6 heteroatoms. The SMILES string of the molecule is CCN(CC)c1ccc(CC(=O)CN2C(=O)CNC2=O)cc1. The van der Waals surface area contributed by atoms with Gasteiger partial charge >= 0.3 is 6.03 Å². The van der Waals surface area contributed by atoms with Crippen molar-refractivity contribution < 1.29 is 14.4 Å². The molecule has 0 aliphatic carbocycles. The van der Waals surface area contributed by atoms with Gasteiger partial charge in [0.2, 0.25) is 5.91 Å². The Morgan fingerprint density at radius 1 is 1.18 bits per heavy atom. The summed E-state index contributed by atoms with van der Waals surface area (Å²) in [5.74, 6) is -0.503. The Morgan fingerprint density at radius 3 is 2.32 bits per heavy atom. The highest BCUT2D eigenvalue weighted by Crippen LogP contribution is 2.15. The third-order valence-electron chi connectivity index (χ3n) is 3.74. The molecule has 0 bridgehead atoms. The number of nitrogens with one attached hydrogen (secondary N) is 1. The third kappa shape index (κ3) is 3.63. The van der Waals surface area contributed by atoms with Crippen molar-refractivity contribution in [3.63, 3.8) is 0 Å². The number of nitrogens with zero attached hydrogens (tertiary/aromatic N) is 2. The number of urea groups is 1. The average molecular weight is 303 g/mol. The van der Waals surface area contributed by atoms with Crippen molar-refractivity contribution in [1.82, 2.24) is 10.2 Å².